The summed E-state index contributed by atoms with van der Waals surface area (Å²) < 4.78 is 10.8. The van der Waals surface area contributed by atoms with Crippen LogP contribution in [-0.4, -0.2) is 61.3 Å². The molecule has 1 aromatic rings. The zero-order chi connectivity index (χ0) is 15.5. The van der Waals surface area contributed by atoms with E-state index >= 15 is 0 Å². The van der Waals surface area contributed by atoms with Gasteiger partial charge in [0, 0.05) is 31.9 Å². The minimum atomic E-state index is -0.457. The van der Waals surface area contributed by atoms with Gasteiger partial charge in [-0.15, -0.1) is 0 Å². The van der Waals surface area contributed by atoms with E-state index in [0.29, 0.717) is 19.2 Å². The second-order valence-electron chi connectivity index (χ2n) is 5.68. The van der Waals surface area contributed by atoms with Gasteiger partial charge in [0.15, 0.2) is 0 Å². The number of amides is 1. The summed E-state index contributed by atoms with van der Waals surface area (Å²) in [5.74, 6) is -0.170. The minimum absolute atomic E-state index is 0.000131. The average Bonchev–Trinajstić information content (AvgIpc) is 3.37. The van der Waals surface area contributed by atoms with Gasteiger partial charge in [0.1, 0.15) is 11.3 Å². The monoisotopic (exact) mass is 307 g/mol. The van der Waals surface area contributed by atoms with Gasteiger partial charge in [0.05, 0.1) is 19.8 Å². The number of aromatic amines is 1. The summed E-state index contributed by atoms with van der Waals surface area (Å²) in [6.45, 7) is 2.86. The van der Waals surface area contributed by atoms with E-state index in [1.807, 2.05) is 0 Å². The summed E-state index contributed by atoms with van der Waals surface area (Å²) >= 11 is 0. The number of aromatic nitrogens is 1. The van der Waals surface area contributed by atoms with Crippen LogP contribution < -0.4 is 15.6 Å². The fourth-order valence-electron chi connectivity index (χ4n) is 2.78. The molecule has 1 saturated carbocycles. The van der Waals surface area contributed by atoms with Crippen molar-refractivity contribution >= 4 is 5.91 Å². The number of H-pyrrole nitrogens is 1. The van der Waals surface area contributed by atoms with E-state index in [0.717, 1.165) is 13.1 Å². The van der Waals surface area contributed by atoms with Crippen molar-refractivity contribution in [3.63, 3.8) is 0 Å². The van der Waals surface area contributed by atoms with E-state index in [1.54, 1.807) is 6.07 Å². The Morgan fingerprint density at radius 1 is 1.55 bits per heavy atom. The molecular weight excluding hydrogens is 286 g/mol. The van der Waals surface area contributed by atoms with E-state index in [9.17, 15) is 9.59 Å². The molecule has 1 aliphatic heterocycles. The average molecular weight is 307 g/mol. The molecule has 2 aliphatic rings. The number of ether oxygens (including phenoxy) is 2. The van der Waals surface area contributed by atoms with Crippen molar-refractivity contribution in [1.29, 1.82) is 0 Å². The van der Waals surface area contributed by atoms with E-state index < -0.39 is 11.5 Å². The summed E-state index contributed by atoms with van der Waals surface area (Å²) in [5.41, 5.74) is -0.458. The molecule has 1 atom stereocenters. The first-order chi connectivity index (χ1) is 10.7. The predicted octanol–water partition coefficient (Wildman–Crippen LogP) is -0.0235. The van der Waals surface area contributed by atoms with Crippen molar-refractivity contribution in [3.8, 4) is 5.75 Å². The fraction of sp³-hybridized carbons (Fsp3) is 0.600. The molecule has 3 rings (SSSR count). The van der Waals surface area contributed by atoms with Gasteiger partial charge in [-0.05, 0) is 18.9 Å². The number of morpholine rings is 1. The number of carbonyl (C=O) groups is 1. The molecule has 120 valence electrons. The second kappa shape index (κ2) is 6.50. The molecule has 7 heteroatoms. The maximum Gasteiger partial charge on any atom is 0.264 e. The molecule has 22 heavy (non-hydrogen) atoms. The predicted molar refractivity (Wildman–Crippen MR) is 80.3 cm³/mol. The fourth-order valence-corrected chi connectivity index (χ4v) is 2.78. The van der Waals surface area contributed by atoms with Crippen molar-refractivity contribution in [1.82, 2.24) is 15.2 Å². The van der Waals surface area contributed by atoms with Gasteiger partial charge in [-0.25, -0.2) is 0 Å². The smallest absolute Gasteiger partial charge is 0.264 e. The molecule has 0 spiro atoms. The molecule has 7 nitrogen and oxygen atoms in total. The molecule has 1 saturated heterocycles. The van der Waals surface area contributed by atoms with Crippen LogP contribution in [0.5, 0.6) is 5.75 Å². The van der Waals surface area contributed by atoms with Crippen LogP contribution in [-0.2, 0) is 4.74 Å². The summed E-state index contributed by atoms with van der Waals surface area (Å²) in [5, 5.41) is 2.77. The molecule has 2 heterocycles. The number of nitrogens with zero attached hydrogens (tertiary/aromatic N) is 1. The number of rotatable bonds is 5. The molecule has 1 aromatic heterocycles. The lowest BCUT2D eigenvalue weighted by Gasteiger charge is -2.33. The molecule has 1 aliphatic carbocycles. The lowest BCUT2D eigenvalue weighted by atomic mass is 10.2. The summed E-state index contributed by atoms with van der Waals surface area (Å²) in [6.07, 6.45) is 3.94. The van der Waals surface area contributed by atoms with Crippen molar-refractivity contribution in [3.05, 3.63) is 28.2 Å². The first-order valence-electron chi connectivity index (χ1n) is 7.58. The Morgan fingerprint density at radius 3 is 3.09 bits per heavy atom. The Balaban J connectivity index is 1.59. The van der Waals surface area contributed by atoms with Gasteiger partial charge < -0.3 is 19.8 Å². The third-order valence-corrected chi connectivity index (χ3v) is 4.09. The number of nitrogens with one attached hydrogen (secondary N) is 2. The van der Waals surface area contributed by atoms with Gasteiger partial charge in [-0.3, -0.25) is 14.5 Å². The summed E-state index contributed by atoms with van der Waals surface area (Å²) in [4.78, 5) is 28.9. The highest BCUT2D eigenvalue weighted by molar-refractivity contribution is 5.96. The van der Waals surface area contributed by atoms with Crippen LogP contribution in [0, 0.1) is 0 Å². The minimum Gasteiger partial charge on any atom is -0.496 e. The first kappa shape index (κ1) is 15.1. The zero-order valence-electron chi connectivity index (χ0n) is 12.6. The third kappa shape index (κ3) is 3.31. The van der Waals surface area contributed by atoms with E-state index in [4.69, 9.17) is 9.47 Å². The second-order valence-corrected chi connectivity index (χ2v) is 5.68. The summed E-state index contributed by atoms with van der Waals surface area (Å²) in [6, 6.07) is 2.25. The molecule has 0 bridgehead atoms. The van der Waals surface area contributed by atoms with Crippen LogP contribution >= 0.6 is 0 Å². The number of methoxy groups -OCH3 is 1. The summed E-state index contributed by atoms with van der Waals surface area (Å²) in [7, 11) is 1.43. The largest absolute Gasteiger partial charge is 0.496 e. The molecule has 2 fully saturated rings. The van der Waals surface area contributed by atoms with Gasteiger partial charge in [0.25, 0.3) is 11.5 Å². The SMILES string of the molecule is COc1cc[nH]c(=O)c1C(=O)NCC1CN(C2CC2)CCO1. The number of hydrogen-bond donors (Lipinski definition) is 2. The lowest BCUT2D eigenvalue weighted by molar-refractivity contribution is -0.0293. The van der Waals surface area contributed by atoms with Crippen LogP contribution in [0.2, 0.25) is 0 Å². The van der Waals surface area contributed by atoms with E-state index in [-0.39, 0.29) is 17.4 Å². The van der Waals surface area contributed by atoms with Crippen LogP contribution in [0.25, 0.3) is 0 Å². The van der Waals surface area contributed by atoms with Gasteiger partial charge in [0.2, 0.25) is 0 Å². The molecule has 1 amide bonds. The first-order valence-corrected chi connectivity index (χ1v) is 7.58. The van der Waals surface area contributed by atoms with E-state index in [1.165, 1.54) is 26.1 Å². The lowest BCUT2D eigenvalue weighted by Crippen LogP contribution is -2.48. The Bertz CT molecular complexity index is 597. The Hall–Kier alpha value is -1.86. The highest BCUT2D eigenvalue weighted by atomic mass is 16.5. The Morgan fingerprint density at radius 2 is 2.36 bits per heavy atom. The van der Waals surface area contributed by atoms with Crippen LogP contribution in [0.15, 0.2) is 17.1 Å². The van der Waals surface area contributed by atoms with E-state index in [2.05, 4.69) is 15.2 Å². The quantitative estimate of drug-likeness (QED) is 0.798. The topological polar surface area (TPSA) is 83.7 Å². The molecule has 0 radical (unpaired) electrons. The Labute approximate surface area is 128 Å². The maximum atomic E-state index is 12.2. The van der Waals surface area contributed by atoms with Crippen molar-refractivity contribution in [2.75, 3.05) is 33.4 Å². The van der Waals surface area contributed by atoms with Gasteiger partial charge >= 0.3 is 0 Å². The highest BCUT2D eigenvalue weighted by Gasteiger charge is 2.33. The van der Waals surface area contributed by atoms with Crippen LogP contribution in [0.3, 0.4) is 0 Å². The van der Waals surface area contributed by atoms with Crippen LogP contribution in [0.4, 0.5) is 0 Å². The standard InChI is InChI=1S/C15H21N3O4/c1-21-12-4-5-16-14(19)13(12)15(20)17-8-11-9-18(6-7-22-11)10-2-3-10/h4-5,10-11H,2-3,6-9H2,1H3,(H,16,19)(H,17,20). The van der Waals surface area contributed by atoms with Crippen molar-refractivity contribution in [2.45, 2.75) is 25.0 Å². The van der Waals surface area contributed by atoms with Crippen molar-refractivity contribution in [2.24, 2.45) is 0 Å². The number of hydrogen-bond acceptors (Lipinski definition) is 5. The maximum absolute atomic E-state index is 12.2. The number of pyridine rings is 1. The number of carbonyl (C=O) groups excluding carboxylic acids is 1. The van der Waals surface area contributed by atoms with Crippen molar-refractivity contribution < 1.29 is 14.3 Å². The molecule has 1 unspecified atom stereocenters. The zero-order valence-corrected chi connectivity index (χ0v) is 12.6. The molecule has 2 N–H and O–H groups in total. The highest BCUT2D eigenvalue weighted by Crippen LogP contribution is 2.28. The van der Waals surface area contributed by atoms with Crippen LogP contribution in [0.1, 0.15) is 23.2 Å². The Kier molecular flexibility index (Phi) is 4.44. The normalized spacial score (nSPS) is 22.3. The molecule has 0 aromatic carbocycles. The van der Waals surface area contributed by atoms with Gasteiger partial charge in [-0.2, -0.15) is 0 Å². The van der Waals surface area contributed by atoms with Gasteiger partial charge in [-0.1, -0.05) is 0 Å². The molecular formula is C15H21N3O4. The third-order valence-electron chi connectivity index (χ3n) is 4.09.